The molecule has 0 aromatic heterocycles. The SMILES string of the molecule is CCN(Cc1ccccc1CCc1ccccc1)c1ccccc1C(=O)O. The second-order valence-corrected chi connectivity index (χ2v) is 6.59. The van der Waals surface area contributed by atoms with E-state index in [4.69, 9.17) is 0 Å². The summed E-state index contributed by atoms with van der Waals surface area (Å²) >= 11 is 0. The first-order valence-electron chi connectivity index (χ1n) is 9.37. The fourth-order valence-electron chi connectivity index (χ4n) is 3.38. The summed E-state index contributed by atoms with van der Waals surface area (Å²) in [7, 11) is 0. The molecule has 1 N–H and O–H groups in total. The van der Waals surface area contributed by atoms with Crippen molar-refractivity contribution in [3.63, 3.8) is 0 Å². The third kappa shape index (κ3) is 4.76. The molecule has 3 heteroatoms. The fourth-order valence-corrected chi connectivity index (χ4v) is 3.38. The molecule has 0 saturated heterocycles. The first-order chi connectivity index (χ1) is 13.2. The molecular weight excluding hydrogens is 334 g/mol. The van der Waals surface area contributed by atoms with Gasteiger partial charge in [0, 0.05) is 13.1 Å². The molecule has 0 unspecified atom stereocenters. The van der Waals surface area contributed by atoms with E-state index in [9.17, 15) is 9.90 Å². The number of carboxylic acids is 1. The highest BCUT2D eigenvalue weighted by Gasteiger charge is 2.15. The maximum atomic E-state index is 11.6. The van der Waals surface area contributed by atoms with Crippen LogP contribution in [0.5, 0.6) is 0 Å². The van der Waals surface area contributed by atoms with Crippen molar-refractivity contribution < 1.29 is 9.90 Å². The fraction of sp³-hybridized carbons (Fsp3) is 0.208. The Morgan fingerprint density at radius 1 is 0.815 bits per heavy atom. The van der Waals surface area contributed by atoms with E-state index in [2.05, 4.69) is 60.4 Å². The minimum Gasteiger partial charge on any atom is -0.478 e. The summed E-state index contributed by atoms with van der Waals surface area (Å²) in [6.07, 6.45) is 1.97. The highest BCUT2D eigenvalue weighted by molar-refractivity contribution is 5.94. The second-order valence-electron chi connectivity index (χ2n) is 6.59. The zero-order chi connectivity index (χ0) is 19.1. The summed E-state index contributed by atoms with van der Waals surface area (Å²) in [6, 6.07) is 26.2. The molecule has 3 nitrogen and oxygen atoms in total. The van der Waals surface area contributed by atoms with Crippen LogP contribution in [-0.4, -0.2) is 17.6 Å². The summed E-state index contributed by atoms with van der Waals surface area (Å²) in [4.78, 5) is 13.7. The van der Waals surface area contributed by atoms with Crippen molar-refractivity contribution in [2.75, 3.05) is 11.4 Å². The van der Waals surface area contributed by atoms with Crippen LogP contribution in [0.4, 0.5) is 5.69 Å². The van der Waals surface area contributed by atoms with Crippen molar-refractivity contribution in [1.29, 1.82) is 0 Å². The molecule has 0 fully saturated rings. The Bertz CT molecular complexity index is 890. The van der Waals surface area contributed by atoms with Crippen molar-refractivity contribution >= 4 is 11.7 Å². The summed E-state index contributed by atoms with van der Waals surface area (Å²) in [5.74, 6) is -0.888. The molecule has 3 rings (SSSR count). The van der Waals surface area contributed by atoms with Gasteiger partial charge in [-0.1, -0.05) is 66.7 Å². The Balaban J connectivity index is 1.81. The van der Waals surface area contributed by atoms with E-state index in [1.54, 1.807) is 12.1 Å². The number of hydrogen-bond donors (Lipinski definition) is 1. The number of carboxylic acid groups (broad SMARTS) is 1. The van der Waals surface area contributed by atoms with Crippen LogP contribution in [-0.2, 0) is 19.4 Å². The number of hydrogen-bond acceptors (Lipinski definition) is 2. The van der Waals surface area contributed by atoms with Crippen LogP contribution in [0.3, 0.4) is 0 Å². The van der Waals surface area contributed by atoms with Crippen LogP contribution in [0.2, 0.25) is 0 Å². The molecule has 138 valence electrons. The van der Waals surface area contributed by atoms with Gasteiger partial charge in [-0.15, -0.1) is 0 Å². The number of rotatable bonds is 8. The molecule has 0 aliphatic rings. The van der Waals surface area contributed by atoms with E-state index >= 15 is 0 Å². The number of para-hydroxylation sites is 1. The van der Waals surface area contributed by atoms with Gasteiger partial charge in [0.25, 0.3) is 0 Å². The summed E-state index contributed by atoms with van der Waals surface area (Å²) in [6.45, 7) is 3.51. The predicted molar refractivity (Wildman–Crippen MR) is 110 cm³/mol. The lowest BCUT2D eigenvalue weighted by molar-refractivity contribution is 0.0697. The lowest BCUT2D eigenvalue weighted by Gasteiger charge is -2.26. The summed E-state index contributed by atoms with van der Waals surface area (Å²) < 4.78 is 0. The molecule has 0 radical (unpaired) electrons. The van der Waals surface area contributed by atoms with Crippen LogP contribution in [0, 0.1) is 0 Å². The highest BCUT2D eigenvalue weighted by Crippen LogP contribution is 2.24. The number of benzene rings is 3. The third-order valence-electron chi connectivity index (χ3n) is 4.86. The normalized spacial score (nSPS) is 10.6. The quantitative estimate of drug-likeness (QED) is 0.601. The van der Waals surface area contributed by atoms with Crippen molar-refractivity contribution in [3.8, 4) is 0 Å². The third-order valence-corrected chi connectivity index (χ3v) is 4.86. The van der Waals surface area contributed by atoms with E-state index in [0.717, 1.165) is 25.1 Å². The van der Waals surface area contributed by atoms with Crippen molar-refractivity contribution in [3.05, 3.63) is 101 Å². The number of aryl methyl sites for hydroxylation is 2. The molecule has 27 heavy (non-hydrogen) atoms. The van der Waals surface area contributed by atoms with Crippen LogP contribution < -0.4 is 4.90 Å². The van der Waals surface area contributed by atoms with Gasteiger partial charge in [0.05, 0.1) is 11.3 Å². The largest absolute Gasteiger partial charge is 0.478 e. The Hall–Kier alpha value is -3.07. The van der Waals surface area contributed by atoms with Gasteiger partial charge in [-0.25, -0.2) is 4.79 Å². The lowest BCUT2D eigenvalue weighted by Crippen LogP contribution is -2.25. The van der Waals surface area contributed by atoms with Crippen LogP contribution in [0.15, 0.2) is 78.9 Å². The standard InChI is InChI=1S/C24H25NO2/c1-2-25(23-15-9-8-14-22(23)24(26)27)18-21-13-7-6-12-20(21)17-16-19-10-4-3-5-11-19/h3-15H,2,16-18H2,1H3,(H,26,27). The van der Waals surface area contributed by atoms with Gasteiger partial charge in [0.2, 0.25) is 0 Å². The van der Waals surface area contributed by atoms with Gasteiger partial charge in [-0.2, -0.15) is 0 Å². The average Bonchev–Trinajstić information content (AvgIpc) is 2.72. The smallest absolute Gasteiger partial charge is 0.337 e. The molecule has 3 aromatic carbocycles. The maximum Gasteiger partial charge on any atom is 0.337 e. The first-order valence-corrected chi connectivity index (χ1v) is 9.37. The van der Waals surface area contributed by atoms with Crippen molar-refractivity contribution in [1.82, 2.24) is 0 Å². The molecule has 0 aliphatic carbocycles. The van der Waals surface area contributed by atoms with Crippen LogP contribution in [0.25, 0.3) is 0 Å². The highest BCUT2D eigenvalue weighted by atomic mass is 16.4. The first kappa shape index (κ1) is 18.7. The van der Waals surface area contributed by atoms with E-state index in [0.29, 0.717) is 12.1 Å². The van der Waals surface area contributed by atoms with Gasteiger partial charge in [-0.05, 0) is 48.6 Å². The second kappa shape index (κ2) is 9.04. The average molecular weight is 359 g/mol. The molecule has 0 amide bonds. The zero-order valence-corrected chi connectivity index (χ0v) is 15.6. The van der Waals surface area contributed by atoms with Gasteiger partial charge >= 0.3 is 5.97 Å². The number of anilines is 1. The van der Waals surface area contributed by atoms with Gasteiger partial charge < -0.3 is 10.0 Å². The minimum absolute atomic E-state index is 0.348. The molecule has 0 heterocycles. The molecule has 0 bridgehead atoms. The van der Waals surface area contributed by atoms with Gasteiger partial charge in [0.1, 0.15) is 0 Å². The minimum atomic E-state index is -0.888. The monoisotopic (exact) mass is 359 g/mol. The van der Waals surface area contributed by atoms with E-state index in [-0.39, 0.29) is 0 Å². The molecule has 0 saturated carbocycles. The van der Waals surface area contributed by atoms with Gasteiger partial charge in [0.15, 0.2) is 0 Å². The Labute approximate surface area is 160 Å². The zero-order valence-electron chi connectivity index (χ0n) is 15.6. The van der Waals surface area contributed by atoms with E-state index in [1.807, 2.05) is 18.2 Å². The van der Waals surface area contributed by atoms with Crippen LogP contribution in [0.1, 0.15) is 34.0 Å². The molecule has 0 spiro atoms. The lowest BCUT2D eigenvalue weighted by atomic mass is 9.99. The number of nitrogens with zero attached hydrogens (tertiary/aromatic N) is 1. The molecule has 0 atom stereocenters. The Morgan fingerprint density at radius 3 is 2.15 bits per heavy atom. The molecular formula is C24H25NO2. The Morgan fingerprint density at radius 2 is 1.44 bits per heavy atom. The maximum absolute atomic E-state index is 11.6. The molecule has 0 aliphatic heterocycles. The van der Waals surface area contributed by atoms with Gasteiger partial charge in [-0.3, -0.25) is 0 Å². The molecule has 3 aromatic rings. The van der Waals surface area contributed by atoms with Crippen LogP contribution >= 0.6 is 0 Å². The Kier molecular flexibility index (Phi) is 6.26. The topological polar surface area (TPSA) is 40.5 Å². The number of aromatic carboxylic acids is 1. The van der Waals surface area contributed by atoms with E-state index in [1.165, 1.54) is 16.7 Å². The summed E-state index contributed by atoms with van der Waals surface area (Å²) in [5.41, 5.74) is 5.01. The number of carbonyl (C=O) groups is 1. The van der Waals surface area contributed by atoms with E-state index < -0.39 is 5.97 Å². The predicted octanol–water partition coefficient (Wildman–Crippen LogP) is 5.20. The summed E-state index contributed by atoms with van der Waals surface area (Å²) in [5, 5.41) is 9.51. The van der Waals surface area contributed by atoms with Crippen molar-refractivity contribution in [2.45, 2.75) is 26.3 Å². The van der Waals surface area contributed by atoms with Crippen molar-refractivity contribution in [2.24, 2.45) is 0 Å².